The third kappa shape index (κ3) is 4.86. The molecule has 164 valence electrons. The zero-order valence-corrected chi connectivity index (χ0v) is 17.2. The molecule has 5 nitrogen and oxygen atoms in total. The number of benzene rings is 1. The van der Waals surface area contributed by atoms with Gasteiger partial charge in [-0.3, -0.25) is 14.3 Å². The number of aromatic nitrogens is 2. The highest BCUT2D eigenvalue weighted by atomic mass is 19.4. The second kappa shape index (κ2) is 9.06. The summed E-state index contributed by atoms with van der Waals surface area (Å²) in [6, 6.07) is 6.42. The van der Waals surface area contributed by atoms with E-state index in [1.807, 2.05) is 0 Å². The van der Waals surface area contributed by atoms with Gasteiger partial charge in [0.05, 0.1) is 16.9 Å². The lowest BCUT2D eigenvalue weighted by atomic mass is 10.1. The zero-order valence-electron chi connectivity index (χ0n) is 17.2. The standard InChI is InChI=1S/C22H29F3N4O/c23-22(24,25)16-29-20(26-18-9-4-3-8-17(18)21(29)30)19-10-7-13-28(19)15-14-27-11-5-1-2-6-12-27/h3-4,8-9,19H,1-2,5-7,10-16H2. The van der Waals surface area contributed by atoms with Crippen LogP contribution in [0.15, 0.2) is 29.1 Å². The number of fused-ring (bicyclic) bond motifs is 1. The third-order valence-electron chi connectivity index (χ3n) is 6.29. The van der Waals surface area contributed by atoms with Crippen molar-refractivity contribution < 1.29 is 13.2 Å². The number of likely N-dealkylation sites (tertiary alicyclic amines) is 2. The molecule has 0 saturated carbocycles. The van der Waals surface area contributed by atoms with Gasteiger partial charge >= 0.3 is 6.18 Å². The number of nitrogens with zero attached hydrogens (tertiary/aromatic N) is 4. The molecular weight excluding hydrogens is 393 g/mol. The van der Waals surface area contributed by atoms with Crippen LogP contribution in [-0.4, -0.2) is 58.3 Å². The maximum absolute atomic E-state index is 13.3. The SMILES string of the molecule is O=c1c2ccccc2nc(C2CCCN2CCN2CCCCCC2)n1CC(F)(F)F. The number of alkyl halides is 3. The number of hydrogen-bond donors (Lipinski definition) is 0. The fraction of sp³-hybridized carbons (Fsp3) is 0.636. The van der Waals surface area contributed by atoms with Crippen molar-refractivity contribution in [1.29, 1.82) is 0 Å². The van der Waals surface area contributed by atoms with Crippen LogP contribution in [0.25, 0.3) is 10.9 Å². The van der Waals surface area contributed by atoms with Crippen LogP contribution in [0.4, 0.5) is 13.2 Å². The number of para-hydroxylation sites is 1. The van der Waals surface area contributed by atoms with Crippen LogP contribution in [0.3, 0.4) is 0 Å². The Labute approximate surface area is 174 Å². The maximum Gasteiger partial charge on any atom is 0.406 e. The van der Waals surface area contributed by atoms with Crippen molar-refractivity contribution in [2.24, 2.45) is 0 Å². The fourth-order valence-corrected chi connectivity index (χ4v) is 4.79. The largest absolute Gasteiger partial charge is 0.406 e. The van der Waals surface area contributed by atoms with Gasteiger partial charge in [0.1, 0.15) is 12.4 Å². The van der Waals surface area contributed by atoms with Crippen molar-refractivity contribution >= 4 is 10.9 Å². The summed E-state index contributed by atoms with van der Waals surface area (Å²) in [5.74, 6) is 0.254. The summed E-state index contributed by atoms with van der Waals surface area (Å²) >= 11 is 0. The second-order valence-electron chi connectivity index (χ2n) is 8.44. The summed E-state index contributed by atoms with van der Waals surface area (Å²) in [6.07, 6.45) is 2.11. The lowest BCUT2D eigenvalue weighted by molar-refractivity contribution is -0.142. The Bertz CT molecular complexity index is 919. The highest BCUT2D eigenvalue weighted by Gasteiger charge is 2.35. The lowest BCUT2D eigenvalue weighted by Gasteiger charge is -2.29. The predicted molar refractivity (Wildman–Crippen MR) is 111 cm³/mol. The van der Waals surface area contributed by atoms with Gasteiger partial charge in [-0.1, -0.05) is 25.0 Å². The minimum atomic E-state index is -4.47. The van der Waals surface area contributed by atoms with E-state index in [0.717, 1.165) is 50.1 Å². The van der Waals surface area contributed by atoms with E-state index in [1.165, 1.54) is 25.7 Å². The average Bonchev–Trinajstić information content (AvgIpc) is 3.01. The van der Waals surface area contributed by atoms with Crippen molar-refractivity contribution in [2.45, 2.75) is 57.3 Å². The van der Waals surface area contributed by atoms with Crippen LogP contribution in [0.1, 0.15) is 50.4 Å². The summed E-state index contributed by atoms with van der Waals surface area (Å²) in [5, 5.41) is 0.236. The van der Waals surface area contributed by atoms with Crippen LogP contribution >= 0.6 is 0 Å². The van der Waals surface area contributed by atoms with Gasteiger partial charge in [-0.05, 0) is 57.5 Å². The molecule has 2 fully saturated rings. The van der Waals surface area contributed by atoms with Gasteiger partial charge < -0.3 is 4.90 Å². The molecule has 0 bridgehead atoms. The van der Waals surface area contributed by atoms with Crippen molar-refractivity contribution in [3.05, 3.63) is 40.4 Å². The number of halogens is 3. The number of rotatable bonds is 5. The third-order valence-corrected chi connectivity index (χ3v) is 6.29. The van der Waals surface area contributed by atoms with E-state index in [4.69, 9.17) is 0 Å². The first-order chi connectivity index (χ1) is 14.4. The molecule has 1 aromatic heterocycles. The summed E-state index contributed by atoms with van der Waals surface area (Å²) < 4.78 is 40.8. The summed E-state index contributed by atoms with van der Waals surface area (Å²) in [4.78, 5) is 22.2. The van der Waals surface area contributed by atoms with E-state index in [9.17, 15) is 18.0 Å². The molecule has 1 aromatic carbocycles. The Hall–Kier alpha value is -1.93. The lowest BCUT2D eigenvalue weighted by Crippen LogP contribution is -2.39. The molecule has 1 unspecified atom stereocenters. The highest BCUT2D eigenvalue weighted by Crippen LogP contribution is 2.32. The van der Waals surface area contributed by atoms with E-state index >= 15 is 0 Å². The highest BCUT2D eigenvalue weighted by molar-refractivity contribution is 5.77. The van der Waals surface area contributed by atoms with Gasteiger partial charge in [0.15, 0.2) is 0 Å². The van der Waals surface area contributed by atoms with Crippen molar-refractivity contribution in [3.63, 3.8) is 0 Å². The first-order valence-corrected chi connectivity index (χ1v) is 10.9. The van der Waals surface area contributed by atoms with Gasteiger partial charge in [-0.2, -0.15) is 13.2 Å². The van der Waals surface area contributed by atoms with Gasteiger partial charge in [0, 0.05) is 13.1 Å². The molecule has 0 radical (unpaired) electrons. The maximum atomic E-state index is 13.3. The molecule has 4 rings (SSSR count). The molecular formula is C22H29F3N4O. The van der Waals surface area contributed by atoms with Gasteiger partial charge in [0.2, 0.25) is 0 Å². The molecule has 0 N–H and O–H groups in total. The summed E-state index contributed by atoms with van der Waals surface area (Å²) in [5.41, 5.74) is -0.136. The Morgan fingerprint density at radius 2 is 1.70 bits per heavy atom. The monoisotopic (exact) mass is 422 g/mol. The molecule has 8 heteroatoms. The van der Waals surface area contributed by atoms with E-state index in [0.29, 0.717) is 5.52 Å². The molecule has 0 spiro atoms. The molecule has 0 amide bonds. The predicted octanol–water partition coefficient (Wildman–Crippen LogP) is 3.97. The minimum absolute atomic E-state index is 0.236. The topological polar surface area (TPSA) is 41.4 Å². The van der Waals surface area contributed by atoms with Crippen LogP contribution < -0.4 is 5.56 Å². The second-order valence-corrected chi connectivity index (χ2v) is 8.44. The van der Waals surface area contributed by atoms with E-state index < -0.39 is 18.3 Å². The smallest absolute Gasteiger partial charge is 0.302 e. The van der Waals surface area contributed by atoms with Crippen LogP contribution in [-0.2, 0) is 6.54 Å². The molecule has 2 aliphatic rings. The first-order valence-electron chi connectivity index (χ1n) is 10.9. The van der Waals surface area contributed by atoms with Crippen LogP contribution in [0.5, 0.6) is 0 Å². The molecule has 0 aliphatic carbocycles. The van der Waals surface area contributed by atoms with Crippen LogP contribution in [0, 0.1) is 0 Å². The first kappa shape index (κ1) is 21.3. The summed E-state index contributed by atoms with van der Waals surface area (Å²) in [7, 11) is 0. The normalized spacial score (nSPS) is 21.9. The van der Waals surface area contributed by atoms with Crippen molar-refractivity contribution in [1.82, 2.24) is 19.4 Å². The molecule has 1 atom stereocenters. The minimum Gasteiger partial charge on any atom is -0.302 e. The van der Waals surface area contributed by atoms with E-state index in [-0.39, 0.29) is 17.3 Å². The Morgan fingerprint density at radius 1 is 0.967 bits per heavy atom. The molecule has 2 aromatic rings. The van der Waals surface area contributed by atoms with Crippen molar-refractivity contribution in [3.8, 4) is 0 Å². The van der Waals surface area contributed by atoms with Gasteiger partial charge in [-0.15, -0.1) is 0 Å². The quantitative estimate of drug-likeness (QED) is 0.731. The number of hydrogen-bond acceptors (Lipinski definition) is 4. The Morgan fingerprint density at radius 3 is 2.43 bits per heavy atom. The summed E-state index contributed by atoms with van der Waals surface area (Å²) in [6.45, 7) is 3.41. The Kier molecular flexibility index (Phi) is 6.43. The zero-order chi connectivity index (χ0) is 21.1. The fourth-order valence-electron chi connectivity index (χ4n) is 4.79. The molecule has 2 saturated heterocycles. The van der Waals surface area contributed by atoms with E-state index in [1.54, 1.807) is 24.3 Å². The van der Waals surface area contributed by atoms with E-state index in [2.05, 4.69) is 14.8 Å². The van der Waals surface area contributed by atoms with Crippen LogP contribution in [0.2, 0.25) is 0 Å². The molecule has 3 heterocycles. The average molecular weight is 422 g/mol. The van der Waals surface area contributed by atoms with Crippen molar-refractivity contribution in [2.75, 3.05) is 32.7 Å². The molecule has 2 aliphatic heterocycles. The van der Waals surface area contributed by atoms with Gasteiger partial charge in [0.25, 0.3) is 5.56 Å². The molecule has 30 heavy (non-hydrogen) atoms. The van der Waals surface area contributed by atoms with Gasteiger partial charge in [-0.25, -0.2) is 4.98 Å². The Balaban J connectivity index is 1.62.